The highest BCUT2D eigenvalue weighted by Crippen LogP contribution is 2.30. The fraction of sp³-hybridized carbons (Fsp3) is 0.0741. The molecule has 0 aliphatic heterocycles. The number of amides is 1. The maximum atomic E-state index is 13.4. The van der Waals surface area contributed by atoms with Gasteiger partial charge in [0, 0.05) is 29.4 Å². The van der Waals surface area contributed by atoms with E-state index >= 15 is 0 Å². The smallest absolute Gasteiger partial charge is 0.267 e. The number of carbonyl (C=O) groups excluding carboxylic acids is 1. The zero-order chi connectivity index (χ0) is 27.6. The molecule has 10 nitrogen and oxygen atoms in total. The number of benzene rings is 1. The molecular formula is C27H19ClN8O2S2. The third-order valence-electron chi connectivity index (χ3n) is 6.06. The molecule has 0 atom stereocenters. The second kappa shape index (κ2) is 11.0. The summed E-state index contributed by atoms with van der Waals surface area (Å²) in [5.74, 6) is 0.0199. The van der Waals surface area contributed by atoms with Gasteiger partial charge in [-0.1, -0.05) is 65.0 Å². The molecule has 13 heteroatoms. The van der Waals surface area contributed by atoms with Gasteiger partial charge in [-0.3, -0.25) is 29.7 Å². The van der Waals surface area contributed by atoms with Crippen LogP contribution in [0.2, 0.25) is 5.02 Å². The minimum absolute atomic E-state index is 0.00615. The zero-order valence-corrected chi connectivity index (χ0v) is 23.0. The summed E-state index contributed by atoms with van der Waals surface area (Å²) in [6, 6.07) is 17.8. The van der Waals surface area contributed by atoms with Crippen LogP contribution in [0, 0.1) is 5.41 Å². The molecule has 0 saturated heterocycles. The Bertz CT molecular complexity index is 2010. The Labute approximate surface area is 239 Å². The molecular weight excluding hydrogens is 568 g/mol. The Morgan fingerprint density at radius 3 is 2.77 bits per heavy atom. The lowest BCUT2D eigenvalue weighted by Gasteiger charge is -2.14. The van der Waals surface area contributed by atoms with Gasteiger partial charge in [0.1, 0.15) is 16.8 Å². The monoisotopic (exact) mass is 586 g/mol. The number of thioether (sulfide) groups is 1. The summed E-state index contributed by atoms with van der Waals surface area (Å²) in [4.78, 5) is 35.7. The van der Waals surface area contributed by atoms with Crippen LogP contribution in [-0.2, 0) is 12.3 Å². The number of halogens is 1. The van der Waals surface area contributed by atoms with Gasteiger partial charge in [-0.15, -0.1) is 10.2 Å². The standard InChI is InChI=1S/C27H19ClN8O2S2/c28-20-8-2-1-7-17(20)15-39-27-34-33-26(40-27)32-24(37)18-12-19-23(31-21-9-3-4-11-35(21)25(19)38)36(22(18)29)14-16-6-5-10-30-13-16/h1-13,29H,14-15H2,(H,32,33,37). The molecule has 40 heavy (non-hydrogen) atoms. The van der Waals surface area contributed by atoms with E-state index in [1.165, 1.54) is 33.6 Å². The molecule has 0 spiro atoms. The molecule has 198 valence electrons. The summed E-state index contributed by atoms with van der Waals surface area (Å²) in [6.45, 7) is 0.196. The number of nitrogens with one attached hydrogen (secondary N) is 2. The quantitative estimate of drug-likeness (QED) is 0.158. The number of pyridine rings is 3. The third kappa shape index (κ3) is 5.11. The SMILES string of the molecule is N=c1c(C(=O)Nc2nnc(SCc3ccccc3Cl)s2)cc2c(=O)n3ccccc3nc2n1Cc1cccnc1. The van der Waals surface area contributed by atoms with Crippen LogP contribution in [0.3, 0.4) is 0 Å². The summed E-state index contributed by atoms with van der Waals surface area (Å²) in [7, 11) is 0. The van der Waals surface area contributed by atoms with E-state index in [2.05, 4.69) is 25.5 Å². The first-order chi connectivity index (χ1) is 19.5. The zero-order valence-electron chi connectivity index (χ0n) is 20.6. The van der Waals surface area contributed by atoms with Crippen molar-refractivity contribution < 1.29 is 4.79 Å². The van der Waals surface area contributed by atoms with Crippen LogP contribution in [0.1, 0.15) is 21.5 Å². The number of aromatic nitrogens is 6. The van der Waals surface area contributed by atoms with Gasteiger partial charge in [-0.25, -0.2) is 4.98 Å². The van der Waals surface area contributed by atoms with Gasteiger partial charge in [0.15, 0.2) is 4.34 Å². The highest BCUT2D eigenvalue weighted by Gasteiger charge is 2.19. The first kappa shape index (κ1) is 25.9. The van der Waals surface area contributed by atoms with Gasteiger partial charge >= 0.3 is 0 Å². The van der Waals surface area contributed by atoms with Crippen LogP contribution < -0.4 is 16.4 Å². The first-order valence-electron chi connectivity index (χ1n) is 12.0. The Kier molecular flexibility index (Phi) is 7.11. The minimum atomic E-state index is -0.580. The van der Waals surface area contributed by atoms with Crippen LogP contribution in [0.5, 0.6) is 0 Å². The van der Waals surface area contributed by atoms with Crippen molar-refractivity contribution in [1.82, 2.24) is 29.1 Å². The van der Waals surface area contributed by atoms with Gasteiger partial charge in [-0.05, 0) is 41.5 Å². The molecule has 5 heterocycles. The van der Waals surface area contributed by atoms with Crippen LogP contribution in [0.15, 0.2) is 88.4 Å². The number of carbonyl (C=O) groups is 1. The predicted octanol–water partition coefficient (Wildman–Crippen LogP) is 4.62. The first-order valence-corrected chi connectivity index (χ1v) is 14.2. The van der Waals surface area contributed by atoms with Crippen molar-refractivity contribution in [3.8, 4) is 0 Å². The summed E-state index contributed by atoms with van der Waals surface area (Å²) in [6.07, 6.45) is 4.94. The van der Waals surface area contributed by atoms with Crippen LogP contribution >= 0.6 is 34.7 Å². The molecule has 0 unspecified atom stereocenters. The van der Waals surface area contributed by atoms with E-state index in [1.807, 2.05) is 30.3 Å². The van der Waals surface area contributed by atoms with E-state index in [-0.39, 0.29) is 33.7 Å². The van der Waals surface area contributed by atoms with E-state index in [0.29, 0.717) is 26.4 Å². The normalized spacial score (nSPS) is 11.2. The van der Waals surface area contributed by atoms with E-state index in [4.69, 9.17) is 17.0 Å². The van der Waals surface area contributed by atoms with Crippen molar-refractivity contribution in [2.45, 2.75) is 16.6 Å². The van der Waals surface area contributed by atoms with Crippen molar-refractivity contribution in [3.63, 3.8) is 0 Å². The number of hydrogen-bond donors (Lipinski definition) is 2. The number of anilines is 1. The molecule has 1 amide bonds. The van der Waals surface area contributed by atoms with Gasteiger partial charge < -0.3 is 4.57 Å². The average molecular weight is 587 g/mol. The lowest BCUT2D eigenvalue weighted by atomic mass is 10.2. The number of hydrogen-bond acceptors (Lipinski definition) is 9. The molecule has 0 aliphatic rings. The topological polar surface area (TPSA) is 131 Å². The van der Waals surface area contributed by atoms with Gasteiger partial charge in [0.25, 0.3) is 11.5 Å². The number of rotatable bonds is 7. The molecule has 6 rings (SSSR count). The molecule has 5 aromatic heterocycles. The van der Waals surface area contributed by atoms with Gasteiger partial charge in [-0.2, -0.15) is 0 Å². The molecule has 0 fully saturated rings. The maximum absolute atomic E-state index is 13.4. The Balaban J connectivity index is 1.35. The lowest BCUT2D eigenvalue weighted by molar-refractivity contribution is 0.102. The minimum Gasteiger partial charge on any atom is -0.306 e. The van der Waals surface area contributed by atoms with E-state index < -0.39 is 5.91 Å². The Morgan fingerprint density at radius 1 is 1.10 bits per heavy atom. The van der Waals surface area contributed by atoms with Crippen molar-refractivity contribution in [2.24, 2.45) is 0 Å². The molecule has 0 aliphatic carbocycles. The Morgan fingerprint density at radius 2 is 1.95 bits per heavy atom. The van der Waals surface area contributed by atoms with Crippen LogP contribution in [0.4, 0.5) is 5.13 Å². The number of nitrogens with zero attached hydrogens (tertiary/aromatic N) is 6. The predicted molar refractivity (Wildman–Crippen MR) is 155 cm³/mol. The summed E-state index contributed by atoms with van der Waals surface area (Å²) in [5, 5.41) is 21.1. The lowest BCUT2D eigenvalue weighted by Crippen LogP contribution is -2.32. The van der Waals surface area contributed by atoms with Crippen molar-refractivity contribution in [1.29, 1.82) is 5.41 Å². The van der Waals surface area contributed by atoms with E-state index in [1.54, 1.807) is 47.4 Å². The molecule has 6 aromatic rings. The summed E-state index contributed by atoms with van der Waals surface area (Å²) < 4.78 is 3.61. The van der Waals surface area contributed by atoms with E-state index in [0.717, 1.165) is 11.1 Å². The fourth-order valence-electron chi connectivity index (χ4n) is 4.13. The molecule has 1 aromatic carbocycles. The molecule has 0 bridgehead atoms. The fourth-order valence-corrected chi connectivity index (χ4v) is 6.16. The van der Waals surface area contributed by atoms with Gasteiger partial charge in [0.05, 0.1) is 17.5 Å². The average Bonchev–Trinajstić information content (AvgIpc) is 3.42. The maximum Gasteiger partial charge on any atom is 0.267 e. The summed E-state index contributed by atoms with van der Waals surface area (Å²) in [5.41, 5.74) is 2.06. The molecule has 2 N–H and O–H groups in total. The van der Waals surface area contributed by atoms with E-state index in [9.17, 15) is 9.59 Å². The second-order valence-electron chi connectivity index (χ2n) is 8.64. The highest BCUT2D eigenvalue weighted by molar-refractivity contribution is 8.00. The van der Waals surface area contributed by atoms with Crippen LogP contribution in [0.25, 0.3) is 16.7 Å². The highest BCUT2D eigenvalue weighted by atomic mass is 35.5. The van der Waals surface area contributed by atoms with Crippen molar-refractivity contribution in [2.75, 3.05) is 5.32 Å². The third-order valence-corrected chi connectivity index (χ3v) is 8.45. The van der Waals surface area contributed by atoms with Crippen LogP contribution in [-0.4, -0.2) is 35.0 Å². The molecule has 0 radical (unpaired) electrons. The van der Waals surface area contributed by atoms with Crippen molar-refractivity contribution >= 4 is 62.4 Å². The Hall–Kier alpha value is -4.39. The number of fused-ring (bicyclic) bond motifs is 2. The van der Waals surface area contributed by atoms with Crippen molar-refractivity contribution in [3.05, 3.63) is 117 Å². The summed E-state index contributed by atoms with van der Waals surface area (Å²) >= 11 is 8.91. The second-order valence-corrected chi connectivity index (χ2v) is 11.3. The molecule has 0 saturated carbocycles. The van der Waals surface area contributed by atoms with Gasteiger partial charge in [0.2, 0.25) is 5.13 Å². The largest absolute Gasteiger partial charge is 0.306 e.